The Labute approximate surface area is 133 Å². The summed E-state index contributed by atoms with van der Waals surface area (Å²) in [6.45, 7) is 1.58. The summed E-state index contributed by atoms with van der Waals surface area (Å²) in [5, 5.41) is 1.80. The molecule has 0 aliphatic heterocycles. The third-order valence-corrected chi connectivity index (χ3v) is 5.73. The minimum Gasteiger partial charge on any atom is -0.327 e. The number of hydrogen-bond acceptors (Lipinski definition) is 4. The summed E-state index contributed by atoms with van der Waals surface area (Å²) in [7, 11) is -0.545. The van der Waals surface area contributed by atoms with E-state index in [1.54, 1.807) is 35.3 Å². The second-order valence-electron chi connectivity index (χ2n) is 4.88. The number of amides is 1. The van der Waals surface area contributed by atoms with Gasteiger partial charge in [-0.15, -0.1) is 11.3 Å². The van der Waals surface area contributed by atoms with Crippen LogP contribution < -0.4 is 4.80 Å². The third-order valence-electron chi connectivity index (χ3n) is 3.07. The minimum absolute atomic E-state index is 0.162. The molecule has 0 aliphatic rings. The van der Waals surface area contributed by atoms with E-state index in [-0.39, 0.29) is 11.4 Å². The number of nitrogens with zero attached hydrogens (tertiary/aromatic N) is 3. The second kappa shape index (κ2) is 6.55. The van der Waals surface area contributed by atoms with E-state index in [0.717, 1.165) is 9.87 Å². The van der Waals surface area contributed by atoms with Crippen LogP contribution in [0.2, 0.25) is 0 Å². The molecule has 8 heteroatoms. The molecule has 0 radical (unpaired) electrons. The molecule has 1 heterocycles. The lowest BCUT2D eigenvalue weighted by Gasteiger charge is -2.15. The van der Waals surface area contributed by atoms with E-state index in [1.807, 2.05) is 6.92 Å². The first-order valence-corrected chi connectivity index (χ1v) is 8.83. The number of hydrogen-bond donors (Lipinski definition) is 0. The zero-order valence-corrected chi connectivity index (χ0v) is 14.2. The summed E-state index contributed by atoms with van der Waals surface area (Å²) >= 11 is 1.32. The number of aryl methyl sites for hydroxylation is 2. The Balaban J connectivity index is 2.18. The zero-order valence-electron chi connectivity index (χ0n) is 12.6. The molecule has 1 amide bonds. The van der Waals surface area contributed by atoms with Crippen LogP contribution in [0.5, 0.6) is 0 Å². The summed E-state index contributed by atoms with van der Waals surface area (Å²) in [6, 6.07) is 6.50. The maximum Gasteiger partial charge on any atom is 0.263 e. The first-order chi connectivity index (χ1) is 10.3. The fraction of sp³-hybridized carbons (Fsp3) is 0.286. The summed E-state index contributed by atoms with van der Waals surface area (Å²) in [5.41, 5.74) is 0.970. The van der Waals surface area contributed by atoms with E-state index in [0.29, 0.717) is 4.80 Å². The number of aromatic nitrogens is 1. The average Bonchev–Trinajstić information content (AvgIpc) is 2.84. The first kappa shape index (κ1) is 16.6. The number of sulfonamides is 1. The summed E-state index contributed by atoms with van der Waals surface area (Å²) in [6.07, 6.45) is 1.78. The molecule has 0 saturated carbocycles. The maximum absolute atomic E-state index is 12.4. The lowest BCUT2D eigenvalue weighted by Crippen LogP contribution is -2.32. The van der Waals surface area contributed by atoms with Crippen LogP contribution in [0.1, 0.15) is 5.56 Å². The second-order valence-corrected chi connectivity index (χ2v) is 7.79. The predicted octanol–water partition coefficient (Wildman–Crippen LogP) is 1.14. The monoisotopic (exact) mass is 339 g/mol. The zero-order chi connectivity index (χ0) is 16.3. The van der Waals surface area contributed by atoms with Gasteiger partial charge in [0.25, 0.3) is 5.91 Å². The molecule has 0 saturated heterocycles. The maximum atomic E-state index is 12.4. The molecule has 0 N–H and O–H groups in total. The van der Waals surface area contributed by atoms with Crippen molar-refractivity contribution in [1.82, 2.24) is 8.87 Å². The number of rotatable bonds is 4. The van der Waals surface area contributed by atoms with Crippen molar-refractivity contribution < 1.29 is 13.2 Å². The van der Waals surface area contributed by atoms with Gasteiger partial charge < -0.3 is 4.57 Å². The van der Waals surface area contributed by atoms with Crippen LogP contribution in [0.3, 0.4) is 0 Å². The molecular weight excluding hydrogens is 322 g/mol. The van der Waals surface area contributed by atoms with Crippen molar-refractivity contribution in [1.29, 1.82) is 0 Å². The molecule has 0 aliphatic carbocycles. The van der Waals surface area contributed by atoms with Gasteiger partial charge in [0.2, 0.25) is 10.0 Å². The van der Waals surface area contributed by atoms with Crippen LogP contribution in [0.15, 0.2) is 45.7 Å². The summed E-state index contributed by atoms with van der Waals surface area (Å²) in [4.78, 5) is 16.5. The molecule has 1 aromatic heterocycles. The number of carbonyl (C=O) groups is 1. The molecular formula is C14H17N3O3S2. The Hall–Kier alpha value is -1.77. The lowest BCUT2D eigenvalue weighted by atomic mass is 10.2. The normalized spacial score (nSPS) is 12.8. The highest BCUT2D eigenvalue weighted by Crippen LogP contribution is 2.14. The van der Waals surface area contributed by atoms with Gasteiger partial charge in [-0.05, 0) is 19.1 Å². The molecule has 0 spiro atoms. The van der Waals surface area contributed by atoms with Gasteiger partial charge in [-0.3, -0.25) is 4.79 Å². The highest BCUT2D eigenvalue weighted by Gasteiger charge is 2.22. The summed E-state index contributed by atoms with van der Waals surface area (Å²) in [5.74, 6) is -0.503. The van der Waals surface area contributed by atoms with Crippen molar-refractivity contribution in [2.45, 2.75) is 11.8 Å². The number of likely N-dealkylation sites (N-methyl/N-ethyl adjacent to an activating group) is 1. The van der Waals surface area contributed by atoms with Gasteiger partial charge in [-0.1, -0.05) is 17.7 Å². The average molecular weight is 339 g/mol. The Morgan fingerprint density at radius 2 is 1.95 bits per heavy atom. The third kappa shape index (κ3) is 3.70. The molecule has 0 atom stereocenters. The van der Waals surface area contributed by atoms with Crippen molar-refractivity contribution in [3.8, 4) is 0 Å². The van der Waals surface area contributed by atoms with E-state index in [2.05, 4.69) is 4.99 Å². The van der Waals surface area contributed by atoms with Crippen LogP contribution in [-0.2, 0) is 21.9 Å². The van der Waals surface area contributed by atoms with Crippen LogP contribution >= 0.6 is 11.3 Å². The van der Waals surface area contributed by atoms with Crippen LogP contribution in [0, 0.1) is 6.92 Å². The van der Waals surface area contributed by atoms with Gasteiger partial charge in [0, 0.05) is 25.7 Å². The first-order valence-electron chi connectivity index (χ1n) is 6.51. The van der Waals surface area contributed by atoms with Crippen molar-refractivity contribution >= 4 is 27.3 Å². The summed E-state index contributed by atoms with van der Waals surface area (Å²) < 4.78 is 27.5. The Kier molecular flexibility index (Phi) is 4.94. The van der Waals surface area contributed by atoms with Gasteiger partial charge >= 0.3 is 0 Å². The molecule has 22 heavy (non-hydrogen) atoms. The number of carbonyl (C=O) groups excluding carboxylic acids is 1. The van der Waals surface area contributed by atoms with Crippen LogP contribution in [-0.4, -0.2) is 36.8 Å². The van der Waals surface area contributed by atoms with E-state index >= 15 is 0 Å². The van der Waals surface area contributed by atoms with Gasteiger partial charge in [0.15, 0.2) is 4.80 Å². The molecule has 6 nitrogen and oxygen atoms in total. The molecule has 2 aromatic rings. The Morgan fingerprint density at radius 1 is 1.32 bits per heavy atom. The Bertz CT molecular complexity index is 833. The van der Waals surface area contributed by atoms with E-state index in [1.165, 1.54) is 30.5 Å². The highest BCUT2D eigenvalue weighted by molar-refractivity contribution is 7.89. The van der Waals surface area contributed by atoms with Crippen molar-refractivity contribution in [2.24, 2.45) is 12.0 Å². The van der Waals surface area contributed by atoms with Crippen molar-refractivity contribution in [3.63, 3.8) is 0 Å². The smallest absolute Gasteiger partial charge is 0.263 e. The van der Waals surface area contributed by atoms with Crippen LogP contribution in [0.25, 0.3) is 0 Å². The van der Waals surface area contributed by atoms with Crippen molar-refractivity contribution in [2.75, 3.05) is 13.6 Å². The van der Waals surface area contributed by atoms with Gasteiger partial charge in [0.1, 0.15) is 0 Å². The largest absolute Gasteiger partial charge is 0.327 e. The number of thiazole rings is 1. The lowest BCUT2D eigenvalue weighted by molar-refractivity contribution is -0.118. The van der Waals surface area contributed by atoms with Gasteiger partial charge in [-0.2, -0.15) is 9.30 Å². The van der Waals surface area contributed by atoms with Gasteiger partial charge in [-0.25, -0.2) is 8.42 Å². The molecule has 2 rings (SSSR count). The molecule has 118 valence electrons. The fourth-order valence-electron chi connectivity index (χ4n) is 1.74. The number of benzene rings is 1. The topological polar surface area (TPSA) is 71.7 Å². The molecule has 1 aromatic carbocycles. The molecule has 0 unspecified atom stereocenters. The van der Waals surface area contributed by atoms with Crippen molar-refractivity contribution in [3.05, 3.63) is 46.2 Å². The predicted molar refractivity (Wildman–Crippen MR) is 84.9 cm³/mol. The SMILES string of the molecule is Cc1ccc(S(=O)(=O)N(C)CC(=O)N=c2sccn2C)cc1. The highest BCUT2D eigenvalue weighted by atomic mass is 32.2. The fourth-order valence-corrected chi connectivity index (χ4v) is 3.61. The molecule has 0 fully saturated rings. The quantitative estimate of drug-likeness (QED) is 0.839. The van der Waals surface area contributed by atoms with E-state index in [9.17, 15) is 13.2 Å². The standard InChI is InChI=1S/C14H17N3O3S2/c1-11-4-6-12(7-5-11)22(19,20)17(3)10-13(18)15-14-16(2)8-9-21-14/h4-9H,10H2,1-3H3. The van der Waals surface area contributed by atoms with E-state index < -0.39 is 15.9 Å². The Morgan fingerprint density at radius 3 is 2.50 bits per heavy atom. The van der Waals surface area contributed by atoms with E-state index in [4.69, 9.17) is 0 Å². The minimum atomic E-state index is -3.69. The van der Waals surface area contributed by atoms with Gasteiger partial charge in [0.05, 0.1) is 11.4 Å². The molecule has 0 bridgehead atoms. The van der Waals surface area contributed by atoms with Crippen LogP contribution in [0.4, 0.5) is 0 Å².